The average Bonchev–Trinajstić information content (AvgIpc) is 2.72. The molecule has 0 aliphatic carbocycles. The monoisotopic (exact) mass is 374 g/mol. The van der Waals surface area contributed by atoms with E-state index in [9.17, 15) is 19.8 Å². The predicted molar refractivity (Wildman–Crippen MR) is 108 cm³/mol. The second-order valence-electron chi connectivity index (χ2n) is 6.85. The molecule has 0 amide bonds. The van der Waals surface area contributed by atoms with Crippen LogP contribution >= 0.6 is 0 Å². The number of carbonyl (C=O) groups is 2. The summed E-state index contributed by atoms with van der Waals surface area (Å²) in [5.41, 5.74) is 3.75. The maximum absolute atomic E-state index is 11.9. The summed E-state index contributed by atoms with van der Waals surface area (Å²) < 4.78 is 0. The van der Waals surface area contributed by atoms with Crippen LogP contribution in [-0.2, 0) is 22.4 Å². The van der Waals surface area contributed by atoms with E-state index in [1.807, 2.05) is 84.9 Å². The van der Waals surface area contributed by atoms with Crippen LogP contribution in [0.2, 0.25) is 0 Å². The van der Waals surface area contributed by atoms with Crippen LogP contribution in [0.1, 0.15) is 11.1 Å². The van der Waals surface area contributed by atoms with Gasteiger partial charge in [0.05, 0.1) is 11.8 Å². The topological polar surface area (TPSA) is 74.6 Å². The summed E-state index contributed by atoms with van der Waals surface area (Å²) in [5, 5.41) is 19.4. The lowest BCUT2D eigenvalue weighted by Gasteiger charge is -2.21. The molecule has 0 aliphatic heterocycles. The Balaban J connectivity index is 1.79. The van der Waals surface area contributed by atoms with E-state index < -0.39 is 23.8 Å². The van der Waals surface area contributed by atoms with Gasteiger partial charge in [-0.2, -0.15) is 0 Å². The highest BCUT2D eigenvalue weighted by Gasteiger charge is 2.33. The normalized spacial score (nSPS) is 12.9. The molecule has 28 heavy (non-hydrogen) atoms. The van der Waals surface area contributed by atoms with Gasteiger partial charge in [-0.3, -0.25) is 9.59 Å². The van der Waals surface area contributed by atoms with Crippen molar-refractivity contribution in [3.63, 3.8) is 0 Å². The first kappa shape index (κ1) is 19.4. The van der Waals surface area contributed by atoms with Crippen molar-refractivity contribution in [1.82, 2.24) is 0 Å². The molecule has 0 fully saturated rings. The van der Waals surface area contributed by atoms with E-state index in [1.165, 1.54) is 0 Å². The van der Waals surface area contributed by atoms with Crippen LogP contribution in [0.3, 0.4) is 0 Å². The molecule has 4 heteroatoms. The maximum Gasteiger partial charge on any atom is 0.307 e. The average molecular weight is 374 g/mol. The fraction of sp³-hybridized carbons (Fsp3) is 0.167. The summed E-state index contributed by atoms with van der Waals surface area (Å²) in [5.74, 6) is -4.17. The van der Waals surface area contributed by atoms with Gasteiger partial charge in [-0.05, 0) is 35.1 Å². The van der Waals surface area contributed by atoms with Crippen LogP contribution in [0.25, 0.3) is 11.1 Å². The molecule has 0 spiro atoms. The fourth-order valence-corrected chi connectivity index (χ4v) is 3.39. The molecule has 2 atom stereocenters. The molecule has 3 aromatic carbocycles. The molecule has 0 aliphatic rings. The van der Waals surface area contributed by atoms with Crippen molar-refractivity contribution in [3.05, 3.63) is 96.1 Å². The van der Waals surface area contributed by atoms with Crippen LogP contribution < -0.4 is 0 Å². The highest BCUT2D eigenvalue weighted by atomic mass is 16.4. The largest absolute Gasteiger partial charge is 0.481 e. The van der Waals surface area contributed by atoms with Crippen molar-refractivity contribution in [2.45, 2.75) is 12.8 Å². The molecule has 0 heterocycles. The molecule has 0 bridgehead atoms. The first-order valence-corrected chi connectivity index (χ1v) is 9.18. The highest BCUT2D eigenvalue weighted by molar-refractivity contribution is 5.80. The van der Waals surface area contributed by atoms with Crippen molar-refractivity contribution < 1.29 is 19.8 Å². The summed E-state index contributed by atoms with van der Waals surface area (Å²) in [6.07, 6.45) is 0.365. The Morgan fingerprint density at radius 2 is 0.964 bits per heavy atom. The second-order valence-corrected chi connectivity index (χ2v) is 6.85. The summed E-state index contributed by atoms with van der Waals surface area (Å²) in [4.78, 5) is 23.7. The predicted octanol–water partition coefficient (Wildman–Crippen LogP) is 4.54. The Labute approximate surface area is 164 Å². The molecule has 2 N–H and O–H groups in total. The summed E-state index contributed by atoms with van der Waals surface area (Å²) >= 11 is 0. The van der Waals surface area contributed by atoms with E-state index in [-0.39, 0.29) is 12.8 Å². The number of hydrogen-bond acceptors (Lipinski definition) is 2. The minimum absolute atomic E-state index is 0.175. The summed E-state index contributed by atoms with van der Waals surface area (Å²) in [6, 6.07) is 26.7. The highest BCUT2D eigenvalue weighted by Crippen LogP contribution is 2.25. The molecular weight excluding hydrogens is 352 g/mol. The van der Waals surface area contributed by atoms with E-state index in [1.54, 1.807) is 0 Å². The van der Waals surface area contributed by atoms with Gasteiger partial charge in [0.1, 0.15) is 0 Å². The zero-order valence-electron chi connectivity index (χ0n) is 15.4. The zero-order chi connectivity index (χ0) is 19.9. The Bertz CT molecular complexity index is 918. The number of hydrogen-bond donors (Lipinski definition) is 2. The first-order chi connectivity index (χ1) is 13.5. The molecule has 0 saturated carbocycles. The van der Waals surface area contributed by atoms with Crippen molar-refractivity contribution >= 4 is 11.9 Å². The number of aliphatic carboxylic acids is 2. The van der Waals surface area contributed by atoms with Gasteiger partial charge in [-0.25, -0.2) is 0 Å². The van der Waals surface area contributed by atoms with E-state index in [0.29, 0.717) is 0 Å². The summed E-state index contributed by atoms with van der Waals surface area (Å²) in [6.45, 7) is 0. The lowest BCUT2D eigenvalue weighted by Crippen LogP contribution is -2.33. The van der Waals surface area contributed by atoms with E-state index in [4.69, 9.17) is 0 Å². The van der Waals surface area contributed by atoms with Gasteiger partial charge in [-0.1, -0.05) is 84.9 Å². The number of carboxylic acid groups (broad SMARTS) is 2. The van der Waals surface area contributed by atoms with E-state index in [2.05, 4.69) is 0 Å². The second kappa shape index (κ2) is 9.00. The van der Waals surface area contributed by atoms with Crippen molar-refractivity contribution in [3.8, 4) is 11.1 Å². The molecule has 0 saturated heterocycles. The van der Waals surface area contributed by atoms with Crippen LogP contribution in [0.4, 0.5) is 0 Å². The van der Waals surface area contributed by atoms with Gasteiger partial charge in [-0.15, -0.1) is 0 Å². The fourth-order valence-electron chi connectivity index (χ4n) is 3.39. The smallest absolute Gasteiger partial charge is 0.307 e. The third-order valence-electron chi connectivity index (χ3n) is 4.94. The van der Waals surface area contributed by atoms with Gasteiger partial charge >= 0.3 is 11.9 Å². The van der Waals surface area contributed by atoms with Crippen molar-refractivity contribution in [2.24, 2.45) is 11.8 Å². The Morgan fingerprint density at radius 1 is 0.571 bits per heavy atom. The van der Waals surface area contributed by atoms with Crippen LogP contribution in [0.5, 0.6) is 0 Å². The molecule has 142 valence electrons. The van der Waals surface area contributed by atoms with Gasteiger partial charge in [0, 0.05) is 0 Å². The number of carboxylic acids is 2. The van der Waals surface area contributed by atoms with Crippen molar-refractivity contribution in [1.29, 1.82) is 0 Å². The van der Waals surface area contributed by atoms with Crippen LogP contribution in [0.15, 0.2) is 84.9 Å². The molecule has 4 nitrogen and oxygen atoms in total. The zero-order valence-corrected chi connectivity index (χ0v) is 15.4. The number of rotatable bonds is 8. The minimum atomic E-state index is -1.09. The first-order valence-electron chi connectivity index (χ1n) is 9.18. The van der Waals surface area contributed by atoms with Gasteiger partial charge in [0.2, 0.25) is 0 Å². The lowest BCUT2D eigenvalue weighted by atomic mass is 9.82. The van der Waals surface area contributed by atoms with Crippen LogP contribution in [-0.4, -0.2) is 22.2 Å². The SMILES string of the molecule is O=C(O)[C@@H](Cc1ccccc1)[C@H](Cc1ccc(-c2ccccc2)cc1)C(=O)O. The third kappa shape index (κ3) is 4.86. The van der Waals surface area contributed by atoms with Gasteiger partial charge in [0.15, 0.2) is 0 Å². The third-order valence-corrected chi connectivity index (χ3v) is 4.94. The number of benzene rings is 3. The molecule has 0 radical (unpaired) electrons. The molecule has 0 unspecified atom stereocenters. The molecule has 3 aromatic rings. The standard InChI is InChI=1S/C24H22O4/c25-23(26)21(15-17-7-3-1-4-8-17)22(24(27)28)16-18-11-13-20(14-12-18)19-9-5-2-6-10-19/h1-14,21-22H,15-16H2,(H,25,26)(H,27,28)/t21-,22-/m0/s1. The lowest BCUT2D eigenvalue weighted by molar-refractivity contribution is -0.153. The van der Waals surface area contributed by atoms with Gasteiger partial charge < -0.3 is 10.2 Å². The molecule has 0 aromatic heterocycles. The minimum Gasteiger partial charge on any atom is -0.481 e. The maximum atomic E-state index is 11.9. The van der Waals surface area contributed by atoms with Gasteiger partial charge in [0.25, 0.3) is 0 Å². The molecule has 3 rings (SSSR count). The Kier molecular flexibility index (Phi) is 6.22. The molecular formula is C24H22O4. The Hall–Kier alpha value is -3.40. The Morgan fingerprint density at radius 3 is 1.43 bits per heavy atom. The van der Waals surface area contributed by atoms with Crippen LogP contribution in [0, 0.1) is 11.8 Å². The summed E-state index contributed by atoms with van der Waals surface area (Å²) in [7, 11) is 0. The quantitative estimate of drug-likeness (QED) is 0.607. The van der Waals surface area contributed by atoms with E-state index in [0.717, 1.165) is 22.3 Å². The van der Waals surface area contributed by atoms with E-state index >= 15 is 0 Å². The van der Waals surface area contributed by atoms with Crippen molar-refractivity contribution in [2.75, 3.05) is 0 Å².